The molecule has 2 aromatic carbocycles. The van der Waals surface area contributed by atoms with Crippen molar-refractivity contribution < 1.29 is 14.3 Å². The highest BCUT2D eigenvalue weighted by atomic mass is 79.9. The number of nitrogens with zero attached hydrogens (tertiary/aromatic N) is 1. The van der Waals surface area contributed by atoms with Gasteiger partial charge in [-0.1, -0.05) is 26.0 Å². The number of methoxy groups -OCH3 is 2. The first kappa shape index (κ1) is 22.4. The molecule has 5 nitrogen and oxygen atoms in total. The Kier molecular flexibility index (Phi) is 8.96. The topological polar surface area (TPSA) is 50.8 Å². The Morgan fingerprint density at radius 2 is 1.75 bits per heavy atom. The summed E-state index contributed by atoms with van der Waals surface area (Å²) in [6, 6.07) is 13.7. The summed E-state index contributed by atoms with van der Waals surface area (Å²) in [6.07, 6.45) is 0. The average Bonchev–Trinajstić information content (AvgIpc) is 2.73. The molecule has 2 aromatic rings. The molecule has 0 bridgehead atoms. The molecule has 1 atom stereocenters. The van der Waals surface area contributed by atoms with Crippen LogP contribution >= 0.6 is 15.9 Å². The highest BCUT2D eigenvalue weighted by molar-refractivity contribution is 9.10. The predicted octanol–water partition coefficient (Wildman–Crippen LogP) is 4.32. The number of ether oxygens (including phenoxy) is 2. The van der Waals surface area contributed by atoms with Crippen LogP contribution in [0.15, 0.2) is 46.9 Å². The summed E-state index contributed by atoms with van der Waals surface area (Å²) in [6.45, 7) is 7.16. The number of hydrogen-bond donors (Lipinski definition) is 1. The van der Waals surface area contributed by atoms with E-state index in [9.17, 15) is 4.79 Å². The van der Waals surface area contributed by atoms with Gasteiger partial charge >= 0.3 is 0 Å². The zero-order valence-electron chi connectivity index (χ0n) is 17.0. The maximum absolute atomic E-state index is 12.6. The number of rotatable bonds is 11. The number of halogens is 1. The normalized spacial score (nSPS) is 12.1. The van der Waals surface area contributed by atoms with Crippen molar-refractivity contribution in [2.45, 2.75) is 19.9 Å². The van der Waals surface area contributed by atoms with Crippen LogP contribution in [0.5, 0.6) is 11.5 Å². The second kappa shape index (κ2) is 11.2. The quantitative estimate of drug-likeness (QED) is 0.518. The lowest BCUT2D eigenvalue weighted by Crippen LogP contribution is -2.37. The van der Waals surface area contributed by atoms with Crippen LogP contribution in [-0.2, 0) is 0 Å². The third kappa shape index (κ3) is 5.80. The maximum Gasteiger partial charge on any atom is 0.176 e. The summed E-state index contributed by atoms with van der Waals surface area (Å²) in [5, 5.41) is 3.34. The van der Waals surface area contributed by atoms with E-state index in [1.165, 1.54) is 5.56 Å². The fraction of sp³-hybridized carbons (Fsp3) is 0.409. The van der Waals surface area contributed by atoms with Crippen LogP contribution in [0.25, 0.3) is 0 Å². The molecule has 152 valence electrons. The number of likely N-dealkylation sites (N-methyl/N-ethyl adjacent to an activating group) is 1. The smallest absolute Gasteiger partial charge is 0.176 e. The SMILES string of the molecule is CCN(CC)C(CNCC(=O)c1ccc(OC)c(Br)c1)c1ccc(OC)cc1. The second-order valence-electron chi connectivity index (χ2n) is 6.41. The Hall–Kier alpha value is -1.89. The lowest BCUT2D eigenvalue weighted by atomic mass is 10.0. The van der Waals surface area contributed by atoms with Crippen molar-refractivity contribution in [3.63, 3.8) is 0 Å². The van der Waals surface area contributed by atoms with Crippen LogP contribution < -0.4 is 14.8 Å². The zero-order valence-corrected chi connectivity index (χ0v) is 18.6. The molecule has 0 spiro atoms. The molecule has 0 fully saturated rings. The maximum atomic E-state index is 12.6. The summed E-state index contributed by atoms with van der Waals surface area (Å²) in [5.74, 6) is 1.61. The predicted molar refractivity (Wildman–Crippen MR) is 117 cm³/mol. The van der Waals surface area contributed by atoms with E-state index in [4.69, 9.17) is 9.47 Å². The molecular weight excluding hydrogens is 420 g/mol. The summed E-state index contributed by atoms with van der Waals surface area (Å²) >= 11 is 3.43. The average molecular weight is 449 g/mol. The third-order valence-electron chi connectivity index (χ3n) is 4.85. The molecule has 0 radical (unpaired) electrons. The van der Waals surface area contributed by atoms with Crippen LogP contribution in [0.4, 0.5) is 0 Å². The van der Waals surface area contributed by atoms with Crippen LogP contribution in [0.3, 0.4) is 0 Å². The van der Waals surface area contributed by atoms with E-state index < -0.39 is 0 Å². The van der Waals surface area contributed by atoms with Gasteiger partial charge in [-0.15, -0.1) is 0 Å². The number of carbonyl (C=O) groups is 1. The van der Waals surface area contributed by atoms with Crippen molar-refractivity contribution in [3.05, 3.63) is 58.1 Å². The molecule has 1 unspecified atom stereocenters. The van der Waals surface area contributed by atoms with Crippen molar-refractivity contribution in [2.24, 2.45) is 0 Å². The minimum absolute atomic E-state index is 0.0522. The minimum Gasteiger partial charge on any atom is -0.497 e. The van der Waals surface area contributed by atoms with Crippen LogP contribution in [-0.4, -0.2) is 51.1 Å². The van der Waals surface area contributed by atoms with Gasteiger partial charge in [0.1, 0.15) is 11.5 Å². The molecule has 0 aromatic heterocycles. The number of ketones is 1. The molecule has 28 heavy (non-hydrogen) atoms. The lowest BCUT2D eigenvalue weighted by molar-refractivity contribution is 0.0986. The molecule has 0 amide bonds. The lowest BCUT2D eigenvalue weighted by Gasteiger charge is -2.30. The van der Waals surface area contributed by atoms with Gasteiger partial charge in [0.15, 0.2) is 5.78 Å². The summed E-state index contributed by atoms with van der Waals surface area (Å²) in [7, 11) is 3.28. The molecule has 1 N–H and O–H groups in total. The van der Waals surface area contributed by atoms with Gasteiger partial charge in [-0.25, -0.2) is 0 Å². The first-order valence-electron chi connectivity index (χ1n) is 9.49. The zero-order chi connectivity index (χ0) is 20.5. The van der Waals surface area contributed by atoms with Gasteiger partial charge in [-0.3, -0.25) is 9.69 Å². The third-order valence-corrected chi connectivity index (χ3v) is 5.47. The Bertz CT molecular complexity index is 761. The molecule has 0 saturated carbocycles. The van der Waals surface area contributed by atoms with Gasteiger partial charge in [0.05, 0.1) is 25.2 Å². The van der Waals surface area contributed by atoms with Crippen molar-refractivity contribution in [1.29, 1.82) is 0 Å². The van der Waals surface area contributed by atoms with Gasteiger partial charge in [0, 0.05) is 18.2 Å². The molecule has 6 heteroatoms. The highest BCUT2D eigenvalue weighted by Gasteiger charge is 2.18. The molecule has 0 saturated heterocycles. The number of Topliss-reactive ketones (excluding diaryl/α,β-unsaturated/α-hetero) is 1. The Morgan fingerprint density at radius 3 is 2.29 bits per heavy atom. The number of carbonyl (C=O) groups excluding carboxylic acids is 1. The number of hydrogen-bond acceptors (Lipinski definition) is 5. The largest absolute Gasteiger partial charge is 0.497 e. The second-order valence-corrected chi connectivity index (χ2v) is 7.27. The highest BCUT2D eigenvalue weighted by Crippen LogP contribution is 2.26. The van der Waals surface area contributed by atoms with Crippen LogP contribution in [0, 0.1) is 0 Å². The number of nitrogens with one attached hydrogen (secondary N) is 1. The van der Waals surface area contributed by atoms with Crippen molar-refractivity contribution in [2.75, 3.05) is 40.4 Å². The van der Waals surface area contributed by atoms with Gasteiger partial charge in [0.2, 0.25) is 0 Å². The molecular formula is C22H29BrN2O3. The Balaban J connectivity index is 2.04. The Labute approximate surface area is 176 Å². The Morgan fingerprint density at radius 1 is 1.07 bits per heavy atom. The van der Waals surface area contributed by atoms with E-state index in [-0.39, 0.29) is 18.4 Å². The fourth-order valence-electron chi connectivity index (χ4n) is 3.21. The first-order chi connectivity index (χ1) is 13.5. The van der Waals surface area contributed by atoms with E-state index in [0.717, 1.165) is 23.3 Å². The van der Waals surface area contributed by atoms with E-state index in [0.29, 0.717) is 17.9 Å². The van der Waals surface area contributed by atoms with Gasteiger partial charge < -0.3 is 14.8 Å². The monoisotopic (exact) mass is 448 g/mol. The fourth-order valence-corrected chi connectivity index (χ4v) is 3.75. The van der Waals surface area contributed by atoms with Crippen molar-refractivity contribution >= 4 is 21.7 Å². The van der Waals surface area contributed by atoms with Crippen molar-refractivity contribution in [1.82, 2.24) is 10.2 Å². The van der Waals surface area contributed by atoms with E-state index in [1.54, 1.807) is 32.4 Å². The van der Waals surface area contributed by atoms with E-state index in [1.807, 2.05) is 12.1 Å². The molecule has 0 aliphatic heterocycles. The molecule has 0 aliphatic carbocycles. The standard InChI is InChI=1S/C22H29BrN2O3/c1-5-25(6-2)20(16-7-10-18(27-3)11-8-16)14-24-15-21(26)17-9-12-22(28-4)19(23)13-17/h7-13,20,24H,5-6,14-15H2,1-4H3. The number of benzene rings is 2. The van der Waals surface area contributed by atoms with E-state index >= 15 is 0 Å². The molecule has 2 rings (SSSR count). The van der Waals surface area contributed by atoms with Crippen LogP contribution in [0.1, 0.15) is 35.8 Å². The van der Waals surface area contributed by atoms with Gasteiger partial charge in [-0.2, -0.15) is 0 Å². The minimum atomic E-state index is 0.0522. The van der Waals surface area contributed by atoms with Crippen molar-refractivity contribution in [3.8, 4) is 11.5 Å². The molecule has 0 heterocycles. The van der Waals surface area contributed by atoms with E-state index in [2.05, 4.69) is 52.1 Å². The van der Waals surface area contributed by atoms with Gasteiger partial charge in [-0.05, 0) is 64.9 Å². The first-order valence-corrected chi connectivity index (χ1v) is 10.3. The van der Waals surface area contributed by atoms with Gasteiger partial charge in [0.25, 0.3) is 0 Å². The molecule has 0 aliphatic rings. The summed E-state index contributed by atoms with van der Waals surface area (Å²) in [5.41, 5.74) is 1.86. The summed E-state index contributed by atoms with van der Waals surface area (Å²) in [4.78, 5) is 14.9. The van der Waals surface area contributed by atoms with Crippen LogP contribution in [0.2, 0.25) is 0 Å². The summed E-state index contributed by atoms with van der Waals surface area (Å²) < 4.78 is 11.3.